The molecule has 2 rings (SSSR count). The smallest absolute Gasteiger partial charge is 0.349 e. The van der Waals surface area contributed by atoms with Crippen molar-refractivity contribution in [2.45, 2.75) is 13.0 Å². The minimum atomic E-state index is -0.753. The summed E-state index contributed by atoms with van der Waals surface area (Å²) in [6, 6.07) is 6.13. The molecule has 0 aliphatic heterocycles. The summed E-state index contributed by atoms with van der Waals surface area (Å²) in [6.07, 6.45) is 0. The molecule has 1 amide bonds. The number of carbonyl (C=O) groups is 2. The first-order valence-electron chi connectivity index (χ1n) is 6.21. The van der Waals surface area contributed by atoms with Crippen molar-refractivity contribution < 1.29 is 19.2 Å². The number of nitrogens with one attached hydrogen (secondary N) is 1. The van der Waals surface area contributed by atoms with Gasteiger partial charge >= 0.3 is 11.0 Å². The lowest BCUT2D eigenvalue weighted by Gasteiger charge is -2.12. The molecule has 0 aromatic carbocycles. The summed E-state index contributed by atoms with van der Waals surface area (Å²) >= 11 is 2.22. The van der Waals surface area contributed by atoms with Crippen LogP contribution in [0, 0.1) is 10.1 Å². The van der Waals surface area contributed by atoms with Gasteiger partial charge in [-0.05, 0) is 24.4 Å². The Labute approximate surface area is 133 Å². The van der Waals surface area contributed by atoms with Crippen LogP contribution in [-0.2, 0) is 9.53 Å². The Bertz CT molecular complexity index is 680. The highest BCUT2D eigenvalue weighted by Gasteiger charge is 2.18. The van der Waals surface area contributed by atoms with E-state index < -0.39 is 23.4 Å². The third kappa shape index (κ3) is 4.12. The van der Waals surface area contributed by atoms with Gasteiger partial charge in [-0.3, -0.25) is 14.9 Å². The lowest BCUT2D eigenvalue weighted by molar-refractivity contribution is -0.380. The molecule has 0 bridgehead atoms. The molecule has 0 aliphatic carbocycles. The molecular weight excluding hydrogens is 328 g/mol. The van der Waals surface area contributed by atoms with Gasteiger partial charge in [0, 0.05) is 10.9 Å². The largest absolute Gasteiger partial charge is 0.451 e. The average molecular weight is 340 g/mol. The second-order valence-corrected chi connectivity index (χ2v) is 6.32. The van der Waals surface area contributed by atoms with Gasteiger partial charge in [0.15, 0.2) is 6.61 Å². The number of hydrogen-bond acceptors (Lipinski definition) is 7. The Morgan fingerprint density at radius 2 is 2.18 bits per heavy atom. The quantitative estimate of drug-likeness (QED) is 0.495. The summed E-state index contributed by atoms with van der Waals surface area (Å²) in [4.78, 5) is 34.4. The van der Waals surface area contributed by atoms with E-state index in [0.717, 1.165) is 4.88 Å². The number of ether oxygens (including phenoxy) is 1. The maximum Gasteiger partial charge on any atom is 0.349 e. The van der Waals surface area contributed by atoms with Crippen LogP contribution in [0.15, 0.2) is 29.6 Å². The van der Waals surface area contributed by atoms with Gasteiger partial charge in [-0.2, -0.15) is 0 Å². The van der Waals surface area contributed by atoms with Crippen LogP contribution < -0.4 is 5.32 Å². The van der Waals surface area contributed by atoms with Crippen LogP contribution >= 0.6 is 22.7 Å². The first-order valence-corrected chi connectivity index (χ1v) is 7.91. The monoisotopic (exact) mass is 340 g/mol. The maximum absolute atomic E-state index is 11.7. The van der Waals surface area contributed by atoms with E-state index >= 15 is 0 Å². The molecular formula is C13H12N2O5S2. The van der Waals surface area contributed by atoms with Gasteiger partial charge in [-0.25, -0.2) is 4.79 Å². The molecule has 2 aromatic rings. The third-order valence-corrected chi connectivity index (χ3v) is 4.73. The van der Waals surface area contributed by atoms with Crippen molar-refractivity contribution in [3.8, 4) is 0 Å². The molecule has 22 heavy (non-hydrogen) atoms. The third-order valence-electron chi connectivity index (χ3n) is 2.65. The summed E-state index contributed by atoms with van der Waals surface area (Å²) in [5, 5.41) is 15.0. The van der Waals surface area contributed by atoms with Crippen LogP contribution in [0.1, 0.15) is 27.5 Å². The number of nitro groups is 1. The SMILES string of the molecule is C[C@@H](NC(=O)COC(=O)c1ccc([N+](=O)[O-])s1)c1cccs1. The van der Waals surface area contributed by atoms with Crippen molar-refractivity contribution >= 4 is 39.6 Å². The molecule has 2 aromatic heterocycles. The van der Waals surface area contributed by atoms with Crippen molar-refractivity contribution in [1.29, 1.82) is 0 Å². The number of amides is 1. The first kappa shape index (κ1) is 16.1. The van der Waals surface area contributed by atoms with Crippen molar-refractivity contribution in [3.63, 3.8) is 0 Å². The van der Waals surface area contributed by atoms with E-state index in [4.69, 9.17) is 4.74 Å². The second kappa shape index (κ2) is 7.14. The van der Waals surface area contributed by atoms with Gasteiger partial charge in [0.25, 0.3) is 5.91 Å². The molecule has 0 saturated heterocycles. The van der Waals surface area contributed by atoms with Gasteiger partial charge in [-0.15, -0.1) is 11.3 Å². The van der Waals surface area contributed by atoms with Crippen molar-refractivity contribution in [3.05, 3.63) is 49.5 Å². The number of esters is 1. The van der Waals surface area contributed by atoms with Crippen LogP contribution in [0.5, 0.6) is 0 Å². The van der Waals surface area contributed by atoms with Crippen molar-refractivity contribution in [2.75, 3.05) is 6.61 Å². The zero-order chi connectivity index (χ0) is 16.1. The summed E-state index contributed by atoms with van der Waals surface area (Å²) < 4.78 is 4.84. The van der Waals surface area contributed by atoms with Crippen LogP contribution in [0.4, 0.5) is 5.00 Å². The Balaban J connectivity index is 1.82. The molecule has 0 radical (unpaired) electrons. The van der Waals surface area contributed by atoms with E-state index in [-0.39, 0.29) is 15.9 Å². The summed E-state index contributed by atoms with van der Waals surface area (Å²) in [6.45, 7) is 1.40. The summed E-state index contributed by atoms with van der Waals surface area (Å²) in [5.41, 5.74) is 0. The number of carbonyl (C=O) groups excluding carboxylic acids is 2. The van der Waals surface area contributed by atoms with Gasteiger partial charge < -0.3 is 10.1 Å². The molecule has 0 fully saturated rings. The van der Waals surface area contributed by atoms with Crippen molar-refractivity contribution in [1.82, 2.24) is 5.32 Å². The van der Waals surface area contributed by atoms with E-state index in [0.29, 0.717) is 11.3 Å². The number of hydrogen-bond donors (Lipinski definition) is 1. The Morgan fingerprint density at radius 1 is 1.41 bits per heavy atom. The fourth-order valence-corrected chi connectivity index (χ4v) is 3.08. The predicted molar refractivity (Wildman–Crippen MR) is 82.1 cm³/mol. The van der Waals surface area contributed by atoms with Crippen LogP contribution in [0.3, 0.4) is 0 Å². The Morgan fingerprint density at radius 3 is 2.77 bits per heavy atom. The summed E-state index contributed by atoms with van der Waals surface area (Å²) in [5.74, 6) is -1.18. The average Bonchev–Trinajstić information content (AvgIpc) is 3.15. The molecule has 116 valence electrons. The lowest BCUT2D eigenvalue weighted by Crippen LogP contribution is -2.30. The standard InChI is InChI=1S/C13H12N2O5S2/c1-8(9-3-2-6-21-9)14-11(16)7-20-13(17)10-4-5-12(22-10)15(18)19/h2-6,8H,7H2,1H3,(H,14,16)/t8-/m1/s1. The van der Waals surface area contributed by atoms with E-state index in [1.807, 2.05) is 24.4 Å². The molecule has 0 unspecified atom stereocenters. The van der Waals surface area contributed by atoms with E-state index in [1.165, 1.54) is 23.5 Å². The van der Waals surface area contributed by atoms with Crippen molar-refractivity contribution in [2.24, 2.45) is 0 Å². The van der Waals surface area contributed by atoms with E-state index in [1.54, 1.807) is 0 Å². The first-order chi connectivity index (χ1) is 10.5. The summed E-state index contributed by atoms with van der Waals surface area (Å²) in [7, 11) is 0. The van der Waals surface area contributed by atoms with Gasteiger partial charge in [0.1, 0.15) is 4.88 Å². The molecule has 0 spiro atoms. The topological polar surface area (TPSA) is 98.5 Å². The molecule has 1 atom stereocenters. The molecule has 1 N–H and O–H groups in total. The number of thiophene rings is 2. The van der Waals surface area contributed by atoms with E-state index in [2.05, 4.69) is 5.32 Å². The van der Waals surface area contributed by atoms with Crippen LogP contribution in [-0.4, -0.2) is 23.4 Å². The fraction of sp³-hybridized carbons (Fsp3) is 0.231. The molecule has 9 heteroatoms. The second-order valence-electron chi connectivity index (χ2n) is 4.28. The van der Waals surface area contributed by atoms with Gasteiger partial charge in [-0.1, -0.05) is 17.4 Å². The molecule has 7 nitrogen and oxygen atoms in total. The minimum absolute atomic E-state index is 0.0887. The Hall–Kier alpha value is -2.26. The van der Waals surface area contributed by atoms with Gasteiger partial charge in [0.05, 0.1) is 11.0 Å². The lowest BCUT2D eigenvalue weighted by atomic mass is 10.3. The van der Waals surface area contributed by atoms with Crippen LogP contribution in [0.2, 0.25) is 0 Å². The highest BCUT2D eigenvalue weighted by atomic mass is 32.1. The Kier molecular flexibility index (Phi) is 5.23. The van der Waals surface area contributed by atoms with Crippen LogP contribution in [0.25, 0.3) is 0 Å². The number of nitrogens with zero attached hydrogens (tertiary/aromatic N) is 1. The fourth-order valence-electron chi connectivity index (χ4n) is 1.63. The van der Waals surface area contributed by atoms with Gasteiger partial charge in [0.2, 0.25) is 0 Å². The van der Waals surface area contributed by atoms with E-state index in [9.17, 15) is 19.7 Å². The zero-order valence-corrected chi connectivity index (χ0v) is 13.1. The number of rotatable bonds is 6. The highest BCUT2D eigenvalue weighted by molar-refractivity contribution is 7.17. The highest BCUT2D eigenvalue weighted by Crippen LogP contribution is 2.24. The molecule has 0 aliphatic rings. The molecule has 0 saturated carbocycles. The minimum Gasteiger partial charge on any atom is -0.451 e. The normalized spacial score (nSPS) is 11.7. The maximum atomic E-state index is 11.7. The molecule has 2 heterocycles. The predicted octanol–water partition coefficient (Wildman–Crippen LogP) is 2.75. The zero-order valence-electron chi connectivity index (χ0n) is 11.5.